The summed E-state index contributed by atoms with van der Waals surface area (Å²) in [4.78, 5) is 26.6. The highest BCUT2D eigenvalue weighted by molar-refractivity contribution is 7.90. The lowest BCUT2D eigenvalue weighted by Gasteiger charge is -2.32. The first kappa shape index (κ1) is 19.7. The minimum absolute atomic E-state index is 0.00105. The molecule has 5 rings (SSSR count). The Labute approximate surface area is 179 Å². The molecule has 2 heterocycles. The number of fused-ring (bicyclic) bond motifs is 3. The third-order valence-corrected chi connectivity index (χ3v) is 7.96. The largest absolute Gasteiger partial charge is 0.336 e. The number of rotatable bonds is 3. The van der Waals surface area contributed by atoms with Gasteiger partial charge < -0.3 is 10.2 Å². The minimum Gasteiger partial charge on any atom is -0.334 e. The summed E-state index contributed by atoms with van der Waals surface area (Å²) >= 11 is 0. The van der Waals surface area contributed by atoms with Gasteiger partial charge in [0, 0.05) is 12.5 Å². The third-order valence-electron chi connectivity index (χ3n) is 6.19. The zero-order valence-electron chi connectivity index (χ0n) is 16.7. The number of hydrogen-bond donors (Lipinski definition) is 1. The summed E-state index contributed by atoms with van der Waals surface area (Å²) in [6, 6.07) is 10.1. The second-order valence-corrected chi connectivity index (χ2v) is 9.90. The van der Waals surface area contributed by atoms with Crippen molar-refractivity contribution in [1.82, 2.24) is 9.21 Å². The van der Waals surface area contributed by atoms with Crippen LogP contribution in [0, 0.1) is 18.7 Å². The number of hydrogen-bond acceptors (Lipinski definition) is 4. The van der Waals surface area contributed by atoms with Crippen molar-refractivity contribution in [3.63, 3.8) is 0 Å². The molecule has 2 bridgehead atoms. The van der Waals surface area contributed by atoms with Crippen molar-refractivity contribution >= 4 is 33.2 Å². The number of sulfonamides is 1. The van der Waals surface area contributed by atoms with E-state index in [0.29, 0.717) is 10.8 Å². The summed E-state index contributed by atoms with van der Waals surface area (Å²) in [6.07, 6.45) is 2.84. The molecule has 7 nitrogen and oxygen atoms in total. The van der Waals surface area contributed by atoms with Gasteiger partial charge in [-0.15, -0.1) is 0 Å². The smallest absolute Gasteiger partial charge is 0.334 e. The van der Waals surface area contributed by atoms with Crippen LogP contribution in [0.3, 0.4) is 0 Å². The summed E-state index contributed by atoms with van der Waals surface area (Å²) in [5.41, 5.74) is 3.54. The molecular formula is C22H20FN3O4S. The van der Waals surface area contributed by atoms with E-state index in [9.17, 15) is 22.4 Å². The predicted molar refractivity (Wildman–Crippen MR) is 112 cm³/mol. The second-order valence-electron chi connectivity index (χ2n) is 8.07. The van der Waals surface area contributed by atoms with Gasteiger partial charge in [-0.3, -0.25) is 4.79 Å². The molecule has 1 aliphatic carbocycles. The number of carbonyl (C=O) groups excluding carboxylic acids is 2. The number of nitrogens with one attached hydrogen (secondary N) is 1. The molecule has 1 N–H and O–H groups in total. The number of halogens is 1. The molecule has 0 saturated carbocycles. The fraction of sp³-hybridized carbons (Fsp3) is 0.273. The van der Waals surface area contributed by atoms with Gasteiger partial charge in [0.1, 0.15) is 17.3 Å². The number of nitrogens with zero attached hydrogens (tertiary/aromatic N) is 2. The van der Waals surface area contributed by atoms with E-state index in [-0.39, 0.29) is 22.5 Å². The first-order chi connectivity index (χ1) is 14.8. The Hall–Kier alpha value is -3.20. The molecule has 31 heavy (non-hydrogen) atoms. The van der Waals surface area contributed by atoms with E-state index in [4.69, 9.17) is 0 Å². The Kier molecular flexibility index (Phi) is 4.40. The summed E-state index contributed by atoms with van der Waals surface area (Å²) in [6.45, 7) is 1.90. The van der Waals surface area contributed by atoms with Crippen molar-refractivity contribution < 1.29 is 22.4 Å². The van der Waals surface area contributed by atoms with Crippen LogP contribution in [-0.4, -0.2) is 48.7 Å². The highest BCUT2D eigenvalue weighted by Gasteiger charge is 2.44. The predicted octanol–water partition coefficient (Wildman–Crippen LogP) is 2.98. The van der Waals surface area contributed by atoms with Gasteiger partial charge in [-0.1, -0.05) is 30.3 Å². The van der Waals surface area contributed by atoms with Crippen LogP contribution in [0.15, 0.2) is 53.4 Å². The Balaban J connectivity index is 1.37. The highest BCUT2D eigenvalue weighted by atomic mass is 32.2. The topological polar surface area (TPSA) is 86.8 Å². The van der Waals surface area contributed by atoms with Gasteiger partial charge in [0.15, 0.2) is 0 Å². The van der Waals surface area contributed by atoms with Gasteiger partial charge in [0.05, 0.1) is 11.7 Å². The number of urea groups is 1. The first-order valence-corrected chi connectivity index (χ1v) is 11.4. The van der Waals surface area contributed by atoms with Crippen LogP contribution in [0.4, 0.5) is 14.9 Å². The molecule has 1 saturated heterocycles. The van der Waals surface area contributed by atoms with Crippen LogP contribution >= 0.6 is 0 Å². The van der Waals surface area contributed by atoms with Crippen molar-refractivity contribution in [2.45, 2.75) is 24.3 Å². The molecule has 2 atom stereocenters. The highest BCUT2D eigenvalue weighted by Crippen LogP contribution is 2.43. The average Bonchev–Trinajstić information content (AvgIpc) is 3.33. The molecule has 3 aliphatic rings. The van der Waals surface area contributed by atoms with Crippen molar-refractivity contribution in [3.05, 3.63) is 65.5 Å². The number of aryl methyl sites for hydroxylation is 1. The quantitative estimate of drug-likeness (QED) is 0.794. The van der Waals surface area contributed by atoms with Crippen molar-refractivity contribution in [1.29, 1.82) is 0 Å². The van der Waals surface area contributed by atoms with Gasteiger partial charge in [0.2, 0.25) is 5.91 Å². The van der Waals surface area contributed by atoms with E-state index in [1.807, 2.05) is 25.1 Å². The lowest BCUT2D eigenvalue weighted by molar-refractivity contribution is -0.131. The van der Waals surface area contributed by atoms with Crippen LogP contribution in [0.2, 0.25) is 0 Å². The summed E-state index contributed by atoms with van der Waals surface area (Å²) in [5.74, 6) is -1.02. The lowest BCUT2D eigenvalue weighted by atomic mass is 9.92. The van der Waals surface area contributed by atoms with E-state index in [0.717, 1.165) is 18.6 Å². The number of likely N-dealkylation sites (tertiary alicyclic amines) is 1. The molecule has 2 aromatic rings. The molecule has 2 aliphatic heterocycles. The maximum atomic E-state index is 13.6. The third kappa shape index (κ3) is 3.11. The van der Waals surface area contributed by atoms with Crippen LogP contribution < -0.4 is 5.32 Å². The normalized spacial score (nSPS) is 23.4. The zero-order valence-corrected chi connectivity index (χ0v) is 17.5. The standard InChI is InChI=1S/C22H20FN3O4S/c1-13-4-2-3-5-17(13)18-10-16-8-14(18)11-25(16)21(27)12-26-22(28)24-19-7-6-15(23)9-20(19)31(26,29)30/h2-7,9-10,14,16H,8,11-12H2,1H3,(H,24,28). The van der Waals surface area contributed by atoms with E-state index in [2.05, 4.69) is 17.5 Å². The summed E-state index contributed by atoms with van der Waals surface area (Å²) in [5, 5.41) is 2.42. The first-order valence-electron chi connectivity index (χ1n) is 9.96. The molecule has 0 spiro atoms. The Morgan fingerprint density at radius 1 is 1.23 bits per heavy atom. The molecule has 0 aromatic heterocycles. The van der Waals surface area contributed by atoms with Crippen LogP contribution in [0.25, 0.3) is 5.57 Å². The van der Waals surface area contributed by atoms with Gasteiger partial charge >= 0.3 is 6.03 Å². The fourth-order valence-electron chi connectivity index (χ4n) is 4.67. The van der Waals surface area contributed by atoms with Gasteiger partial charge in [-0.25, -0.2) is 21.9 Å². The number of benzene rings is 2. The van der Waals surface area contributed by atoms with Gasteiger partial charge in [-0.2, -0.15) is 0 Å². The Morgan fingerprint density at radius 3 is 2.71 bits per heavy atom. The summed E-state index contributed by atoms with van der Waals surface area (Å²) < 4.78 is 39.8. The summed E-state index contributed by atoms with van der Waals surface area (Å²) in [7, 11) is -4.33. The second kappa shape index (κ2) is 6.91. The monoisotopic (exact) mass is 441 g/mol. The average molecular weight is 441 g/mol. The lowest BCUT2D eigenvalue weighted by Crippen LogP contribution is -2.50. The number of carbonyl (C=O) groups is 2. The van der Waals surface area contributed by atoms with Crippen LogP contribution in [-0.2, 0) is 14.8 Å². The van der Waals surface area contributed by atoms with Crippen LogP contribution in [0.1, 0.15) is 17.5 Å². The van der Waals surface area contributed by atoms with E-state index in [1.54, 1.807) is 4.90 Å². The number of anilines is 1. The molecule has 0 radical (unpaired) electrons. The molecule has 3 amide bonds. The van der Waals surface area contributed by atoms with Crippen molar-refractivity contribution in [2.24, 2.45) is 5.92 Å². The van der Waals surface area contributed by atoms with E-state index < -0.39 is 34.3 Å². The molecular weight excluding hydrogens is 421 g/mol. The minimum atomic E-state index is -4.33. The van der Waals surface area contributed by atoms with Crippen LogP contribution in [0.5, 0.6) is 0 Å². The van der Waals surface area contributed by atoms with E-state index >= 15 is 0 Å². The maximum Gasteiger partial charge on any atom is 0.336 e. The molecule has 1 fully saturated rings. The molecule has 160 valence electrons. The van der Waals surface area contributed by atoms with Gasteiger partial charge in [-0.05, 0) is 48.2 Å². The SMILES string of the molecule is Cc1ccccc1C1=CC2CC1CN2C(=O)CN1C(=O)Nc2ccc(F)cc2S1(=O)=O. The Bertz CT molecular complexity index is 1260. The molecule has 2 unspecified atom stereocenters. The van der Waals surface area contributed by atoms with Gasteiger partial charge in [0.25, 0.3) is 10.0 Å². The number of amides is 3. The Morgan fingerprint density at radius 2 is 2.00 bits per heavy atom. The van der Waals surface area contributed by atoms with E-state index in [1.165, 1.54) is 22.8 Å². The zero-order chi connectivity index (χ0) is 21.9. The molecule has 2 aromatic carbocycles. The fourth-order valence-corrected chi connectivity index (χ4v) is 6.12. The van der Waals surface area contributed by atoms with Crippen molar-refractivity contribution in [3.8, 4) is 0 Å². The maximum absolute atomic E-state index is 13.6. The molecule has 9 heteroatoms. The van der Waals surface area contributed by atoms with Crippen molar-refractivity contribution in [2.75, 3.05) is 18.4 Å².